The zero-order valence-corrected chi connectivity index (χ0v) is 15.2. The molecule has 27 heavy (non-hydrogen) atoms. The maximum atomic E-state index is 12.0. The summed E-state index contributed by atoms with van der Waals surface area (Å²) in [6, 6.07) is 16.5. The van der Waals surface area contributed by atoms with Gasteiger partial charge in [-0.25, -0.2) is 0 Å². The third kappa shape index (κ3) is 4.39. The molecule has 0 spiro atoms. The average molecular weight is 362 g/mol. The van der Waals surface area contributed by atoms with E-state index < -0.39 is 0 Å². The molecule has 2 aliphatic heterocycles. The van der Waals surface area contributed by atoms with Crippen molar-refractivity contribution in [3.05, 3.63) is 65.2 Å². The van der Waals surface area contributed by atoms with Gasteiger partial charge in [0, 0.05) is 35.5 Å². The number of carbonyl (C=O) groups is 1. The normalized spacial score (nSPS) is 16.2. The molecule has 0 N–H and O–H groups in total. The molecule has 138 valence electrons. The minimum absolute atomic E-state index is 0.107. The molecule has 1 fully saturated rings. The molecule has 0 radical (unpaired) electrons. The SMILES string of the molecule is O=C1CN=C(c2ccc(N3CCCCCC3)cc2)c2ccccc21.O=C=O. The highest BCUT2D eigenvalue weighted by atomic mass is 16.2. The van der Waals surface area contributed by atoms with Crippen molar-refractivity contribution in [1.29, 1.82) is 0 Å². The summed E-state index contributed by atoms with van der Waals surface area (Å²) in [7, 11) is 0. The van der Waals surface area contributed by atoms with Gasteiger partial charge in [-0.2, -0.15) is 9.59 Å². The van der Waals surface area contributed by atoms with Crippen LogP contribution in [0.5, 0.6) is 0 Å². The molecule has 4 rings (SSSR count). The quantitative estimate of drug-likeness (QED) is 0.820. The smallest absolute Gasteiger partial charge is 0.372 e. The first kappa shape index (κ1) is 18.7. The van der Waals surface area contributed by atoms with Crippen molar-refractivity contribution in [1.82, 2.24) is 0 Å². The standard InChI is InChI=1S/C21H22N2O.CO2/c24-20-15-22-21(19-8-4-3-7-18(19)20)16-9-11-17(12-10-16)23-13-5-1-2-6-14-23;2-1-3/h3-4,7-12H,1-2,5-6,13-15H2;. The Morgan fingerprint density at radius 3 is 2.04 bits per heavy atom. The molecular formula is C22H22N2O3. The summed E-state index contributed by atoms with van der Waals surface area (Å²) in [5.74, 6) is 0.107. The number of Topliss-reactive ketones (excluding diaryl/α,β-unsaturated/α-hetero) is 1. The number of aliphatic imine (C=N–C) groups is 1. The topological polar surface area (TPSA) is 66.8 Å². The highest BCUT2D eigenvalue weighted by Crippen LogP contribution is 2.24. The number of benzene rings is 2. The van der Waals surface area contributed by atoms with Crippen LogP contribution in [0, 0.1) is 0 Å². The molecule has 0 aromatic heterocycles. The molecule has 0 bridgehead atoms. The lowest BCUT2D eigenvalue weighted by Crippen LogP contribution is -2.24. The Hall–Kier alpha value is -3.04. The summed E-state index contributed by atoms with van der Waals surface area (Å²) in [6.07, 6.45) is 5.50. The van der Waals surface area contributed by atoms with E-state index >= 15 is 0 Å². The summed E-state index contributed by atoms with van der Waals surface area (Å²) >= 11 is 0. The summed E-state index contributed by atoms with van der Waals surface area (Å²) in [5, 5.41) is 0. The van der Waals surface area contributed by atoms with Gasteiger partial charge in [-0.05, 0) is 25.0 Å². The van der Waals surface area contributed by atoms with Crippen LogP contribution in [0.3, 0.4) is 0 Å². The van der Waals surface area contributed by atoms with Gasteiger partial charge in [0.15, 0.2) is 5.78 Å². The van der Waals surface area contributed by atoms with Crippen molar-refractivity contribution in [2.75, 3.05) is 24.5 Å². The first-order valence-corrected chi connectivity index (χ1v) is 9.26. The molecule has 0 aliphatic carbocycles. The zero-order chi connectivity index (χ0) is 19.1. The van der Waals surface area contributed by atoms with Gasteiger partial charge in [0.05, 0.1) is 5.71 Å². The van der Waals surface area contributed by atoms with Gasteiger partial charge in [0.2, 0.25) is 0 Å². The number of carbonyl (C=O) groups excluding carboxylic acids is 3. The number of fused-ring (bicyclic) bond motifs is 1. The average Bonchev–Trinajstić information content (AvgIpc) is 2.99. The van der Waals surface area contributed by atoms with Crippen molar-refractivity contribution >= 4 is 23.3 Å². The molecule has 1 saturated heterocycles. The molecule has 0 amide bonds. The minimum atomic E-state index is 0.107. The number of hydrogen-bond acceptors (Lipinski definition) is 5. The highest BCUT2D eigenvalue weighted by molar-refractivity contribution is 6.21. The van der Waals surface area contributed by atoms with Crippen LogP contribution in [0.4, 0.5) is 5.69 Å². The summed E-state index contributed by atoms with van der Waals surface area (Å²) in [4.78, 5) is 35.3. The lowest BCUT2D eigenvalue weighted by Gasteiger charge is -2.23. The van der Waals surface area contributed by atoms with Gasteiger partial charge in [0.25, 0.3) is 0 Å². The molecule has 2 aromatic rings. The Bertz CT molecular complexity index is 857. The fraction of sp³-hybridized carbons (Fsp3) is 0.318. The molecule has 5 nitrogen and oxygen atoms in total. The van der Waals surface area contributed by atoms with E-state index in [1.54, 1.807) is 0 Å². The predicted octanol–water partition coefficient (Wildman–Crippen LogP) is 3.52. The van der Waals surface area contributed by atoms with Crippen LogP contribution in [0.2, 0.25) is 0 Å². The Morgan fingerprint density at radius 1 is 0.815 bits per heavy atom. The van der Waals surface area contributed by atoms with Gasteiger partial charge < -0.3 is 4.90 Å². The second kappa shape index (κ2) is 9.06. The van der Waals surface area contributed by atoms with E-state index in [0.717, 1.165) is 35.5 Å². The molecule has 0 saturated carbocycles. The van der Waals surface area contributed by atoms with E-state index in [0.29, 0.717) is 0 Å². The molecule has 2 aromatic carbocycles. The second-order valence-electron chi connectivity index (χ2n) is 6.67. The predicted molar refractivity (Wildman–Crippen MR) is 103 cm³/mol. The Morgan fingerprint density at radius 2 is 1.41 bits per heavy atom. The summed E-state index contributed by atoms with van der Waals surface area (Å²) in [6.45, 7) is 2.55. The minimum Gasteiger partial charge on any atom is -0.372 e. The first-order valence-electron chi connectivity index (χ1n) is 9.26. The van der Waals surface area contributed by atoms with Crippen LogP contribution in [0.15, 0.2) is 53.5 Å². The Balaban J connectivity index is 0.000000659. The third-order valence-corrected chi connectivity index (χ3v) is 4.98. The van der Waals surface area contributed by atoms with Crippen molar-refractivity contribution in [3.63, 3.8) is 0 Å². The van der Waals surface area contributed by atoms with Gasteiger partial charge in [-0.15, -0.1) is 0 Å². The summed E-state index contributed by atoms with van der Waals surface area (Å²) < 4.78 is 0. The first-order chi connectivity index (χ1) is 13.2. The van der Waals surface area contributed by atoms with Crippen LogP contribution in [-0.4, -0.2) is 37.3 Å². The fourth-order valence-electron chi connectivity index (χ4n) is 3.66. The number of hydrogen-bond donors (Lipinski definition) is 0. The van der Waals surface area contributed by atoms with Crippen LogP contribution in [0.25, 0.3) is 0 Å². The Labute approximate surface area is 158 Å². The summed E-state index contributed by atoms with van der Waals surface area (Å²) in [5.41, 5.74) is 5.07. The maximum absolute atomic E-state index is 12.0. The van der Waals surface area contributed by atoms with Crippen LogP contribution >= 0.6 is 0 Å². The number of ketones is 1. The molecule has 2 heterocycles. The third-order valence-electron chi connectivity index (χ3n) is 4.98. The lowest BCUT2D eigenvalue weighted by atomic mass is 9.92. The number of rotatable bonds is 2. The van der Waals surface area contributed by atoms with E-state index in [9.17, 15) is 4.79 Å². The molecule has 2 aliphatic rings. The van der Waals surface area contributed by atoms with Gasteiger partial charge >= 0.3 is 6.15 Å². The molecule has 0 atom stereocenters. The number of anilines is 1. The maximum Gasteiger partial charge on any atom is 0.373 e. The molecular weight excluding hydrogens is 340 g/mol. The lowest BCUT2D eigenvalue weighted by molar-refractivity contribution is -0.191. The van der Waals surface area contributed by atoms with Crippen molar-refractivity contribution < 1.29 is 14.4 Å². The number of nitrogens with zero attached hydrogens (tertiary/aromatic N) is 2. The van der Waals surface area contributed by atoms with Crippen molar-refractivity contribution in [2.24, 2.45) is 4.99 Å². The second-order valence-corrected chi connectivity index (χ2v) is 6.67. The molecule has 5 heteroatoms. The zero-order valence-electron chi connectivity index (χ0n) is 15.2. The van der Waals surface area contributed by atoms with Crippen LogP contribution in [0.1, 0.15) is 47.2 Å². The van der Waals surface area contributed by atoms with Crippen molar-refractivity contribution in [2.45, 2.75) is 25.7 Å². The Kier molecular flexibility index (Phi) is 6.29. The van der Waals surface area contributed by atoms with Gasteiger partial charge in [-0.3, -0.25) is 9.79 Å². The largest absolute Gasteiger partial charge is 0.373 e. The fourth-order valence-corrected chi connectivity index (χ4v) is 3.66. The van der Waals surface area contributed by atoms with Gasteiger partial charge in [-0.1, -0.05) is 49.2 Å². The molecule has 0 unspecified atom stereocenters. The monoisotopic (exact) mass is 362 g/mol. The van der Waals surface area contributed by atoms with E-state index in [4.69, 9.17) is 9.59 Å². The van der Waals surface area contributed by atoms with Gasteiger partial charge in [0.1, 0.15) is 6.54 Å². The highest BCUT2D eigenvalue weighted by Gasteiger charge is 2.21. The van der Waals surface area contributed by atoms with E-state index in [1.165, 1.54) is 31.4 Å². The van der Waals surface area contributed by atoms with E-state index in [2.05, 4.69) is 34.2 Å². The van der Waals surface area contributed by atoms with Crippen LogP contribution < -0.4 is 4.90 Å². The van der Waals surface area contributed by atoms with E-state index in [-0.39, 0.29) is 18.5 Å². The van der Waals surface area contributed by atoms with Crippen molar-refractivity contribution in [3.8, 4) is 0 Å². The van der Waals surface area contributed by atoms with E-state index in [1.807, 2.05) is 24.3 Å². The van der Waals surface area contributed by atoms with Crippen LogP contribution in [-0.2, 0) is 9.59 Å².